The van der Waals surface area contributed by atoms with Gasteiger partial charge in [-0.05, 0) is 142 Å². The number of aryl methyl sites for hydroxylation is 1. The molecule has 3 unspecified atom stereocenters. The van der Waals surface area contributed by atoms with Crippen LogP contribution in [-0.4, -0.2) is 54.0 Å². The van der Waals surface area contributed by atoms with E-state index in [1.54, 1.807) is 18.2 Å². The van der Waals surface area contributed by atoms with Gasteiger partial charge < -0.3 is 9.47 Å². The number of benzene rings is 8. The molecule has 366 valence electrons. The van der Waals surface area contributed by atoms with Crippen LogP contribution in [-0.2, 0) is 5.41 Å². The first kappa shape index (κ1) is 46.5. The third-order valence-corrected chi connectivity index (χ3v) is 15.7. The molecule has 0 fully saturated rings. The quantitative estimate of drug-likeness (QED) is 0.127. The average molecular weight is 985 g/mol. The molecule has 8 aromatic carbocycles. The van der Waals surface area contributed by atoms with Gasteiger partial charge in [0, 0.05) is 18.9 Å². The Morgan fingerprint density at radius 1 is 0.459 bits per heavy atom. The van der Waals surface area contributed by atoms with E-state index >= 15 is 13.2 Å². The molecule has 0 N–H and O–H groups in total. The van der Waals surface area contributed by atoms with Crippen LogP contribution in [0.4, 0.5) is 18.9 Å². The number of amides is 4. The Morgan fingerprint density at radius 2 is 0.851 bits per heavy atom. The number of rotatable bonds is 10. The van der Waals surface area contributed by atoms with Crippen molar-refractivity contribution in [2.24, 2.45) is 0 Å². The van der Waals surface area contributed by atoms with Crippen molar-refractivity contribution in [3.8, 4) is 44.9 Å². The molecule has 11 heteroatoms. The van der Waals surface area contributed by atoms with E-state index in [2.05, 4.69) is 79.7 Å². The molecule has 0 spiro atoms. The Balaban J connectivity index is 0.925. The average Bonchev–Trinajstić information content (AvgIpc) is 4.08. The lowest BCUT2D eigenvalue weighted by atomic mass is 9.74. The molecule has 3 atom stereocenters. The zero-order valence-corrected chi connectivity index (χ0v) is 41.0. The Hall–Kier alpha value is -8.57. The molecule has 2 aliphatic heterocycles. The van der Waals surface area contributed by atoms with Crippen LogP contribution in [0.2, 0.25) is 0 Å². The van der Waals surface area contributed by atoms with Gasteiger partial charge in [-0.15, -0.1) is 0 Å². The molecule has 12 rings (SSSR count). The second-order valence-electron chi connectivity index (χ2n) is 19.9. The van der Waals surface area contributed by atoms with Crippen molar-refractivity contribution < 1.29 is 41.8 Å². The molecule has 4 aliphatic rings. The number of anilines is 1. The van der Waals surface area contributed by atoms with Crippen LogP contribution < -0.4 is 14.4 Å². The number of fused-ring (bicyclic) bond motifs is 8. The molecular formula is C63H47F3N2O6. The minimum atomic E-state index is -4.95. The van der Waals surface area contributed by atoms with E-state index in [0.717, 1.165) is 62.2 Å². The number of nitrogens with zero attached hydrogens (tertiary/aromatic N) is 2. The van der Waals surface area contributed by atoms with Crippen LogP contribution >= 0.6 is 0 Å². The molecule has 74 heavy (non-hydrogen) atoms. The number of hydrogen-bond acceptors (Lipinski definition) is 6. The summed E-state index contributed by atoms with van der Waals surface area (Å²) in [6.45, 7) is 6.99. The standard InChI is InChI=1S/C63H47F3N2O6/c1-34-22-23-37(30-54(34)73-35(2)56-45-18-10-6-14-41(45)42-15-7-11-19-46(42)56)38-24-29-53(55(31-38)74-36(3)57-47-20-12-8-16-43(47)44-17-9-13-21-48(44)57)68-60(71)50-28-26-40(33-52(50)61(68)72)62(4,63(64,65)66)39-25-27-49-51(32-39)59(70)67(5)58(49)69/h6-33,35-36,56-57H,1-5H3. The minimum Gasteiger partial charge on any atom is -0.489 e. The lowest BCUT2D eigenvalue weighted by molar-refractivity contribution is -0.173. The van der Waals surface area contributed by atoms with E-state index in [0.29, 0.717) is 11.3 Å². The zero-order valence-electron chi connectivity index (χ0n) is 41.0. The van der Waals surface area contributed by atoms with Gasteiger partial charge in [0.2, 0.25) is 0 Å². The molecule has 4 amide bonds. The Kier molecular flexibility index (Phi) is 10.7. The first-order valence-corrected chi connectivity index (χ1v) is 24.6. The van der Waals surface area contributed by atoms with E-state index in [4.69, 9.17) is 9.47 Å². The fraction of sp³-hybridized carbons (Fsp3) is 0.175. The van der Waals surface area contributed by atoms with Crippen LogP contribution in [0, 0.1) is 6.92 Å². The van der Waals surface area contributed by atoms with Crippen molar-refractivity contribution in [1.29, 1.82) is 0 Å². The summed E-state index contributed by atoms with van der Waals surface area (Å²) in [4.78, 5) is 56.9. The highest BCUT2D eigenvalue weighted by Crippen LogP contribution is 2.51. The molecule has 2 heterocycles. The van der Waals surface area contributed by atoms with E-state index in [-0.39, 0.29) is 62.8 Å². The van der Waals surface area contributed by atoms with Gasteiger partial charge in [0.25, 0.3) is 23.6 Å². The second-order valence-corrected chi connectivity index (χ2v) is 19.9. The number of ether oxygens (including phenoxy) is 2. The Labute approximate surface area is 425 Å². The number of alkyl halides is 3. The molecule has 0 aromatic heterocycles. The van der Waals surface area contributed by atoms with Crippen molar-refractivity contribution in [2.45, 2.75) is 63.3 Å². The van der Waals surface area contributed by atoms with Gasteiger partial charge >= 0.3 is 6.18 Å². The molecule has 0 saturated heterocycles. The Bertz CT molecular complexity index is 3640. The highest BCUT2D eigenvalue weighted by atomic mass is 19.4. The number of hydrogen-bond donors (Lipinski definition) is 0. The van der Waals surface area contributed by atoms with E-state index < -0.39 is 41.3 Å². The van der Waals surface area contributed by atoms with Gasteiger partial charge in [-0.1, -0.05) is 127 Å². The van der Waals surface area contributed by atoms with Crippen molar-refractivity contribution in [3.63, 3.8) is 0 Å². The predicted octanol–water partition coefficient (Wildman–Crippen LogP) is 13.7. The lowest BCUT2D eigenvalue weighted by Crippen LogP contribution is -2.41. The summed E-state index contributed by atoms with van der Waals surface area (Å²) in [7, 11) is 1.27. The van der Waals surface area contributed by atoms with E-state index in [1.165, 1.54) is 53.6 Å². The smallest absolute Gasteiger partial charge is 0.402 e. The molecular weight excluding hydrogens is 938 g/mol. The van der Waals surface area contributed by atoms with Crippen LogP contribution in [0.5, 0.6) is 11.5 Å². The Morgan fingerprint density at radius 3 is 1.34 bits per heavy atom. The topological polar surface area (TPSA) is 93.2 Å². The van der Waals surface area contributed by atoms with Crippen LogP contribution in [0.15, 0.2) is 170 Å². The summed E-state index contributed by atoms with van der Waals surface area (Å²) in [5, 5.41) is 0. The number of imide groups is 2. The highest BCUT2D eigenvalue weighted by molar-refractivity contribution is 6.35. The fourth-order valence-corrected chi connectivity index (χ4v) is 11.8. The van der Waals surface area contributed by atoms with Gasteiger partial charge in [0.1, 0.15) is 29.1 Å². The second kappa shape index (κ2) is 17.0. The summed E-state index contributed by atoms with van der Waals surface area (Å²) < 4.78 is 60.6. The zero-order chi connectivity index (χ0) is 51.5. The molecule has 2 aliphatic carbocycles. The summed E-state index contributed by atoms with van der Waals surface area (Å²) in [6.07, 6.45) is -5.75. The molecule has 0 radical (unpaired) electrons. The molecule has 8 nitrogen and oxygen atoms in total. The first-order valence-electron chi connectivity index (χ1n) is 24.6. The van der Waals surface area contributed by atoms with Gasteiger partial charge in [-0.3, -0.25) is 24.1 Å². The highest BCUT2D eigenvalue weighted by Gasteiger charge is 2.55. The normalized spacial score (nSPS) is 16.3. The molecule has 0 saturated carbocycles. The summed E-state index contributed by atoms with van der Waals surface area (Å²) >= 11 is 0. The maximum absolute atomic E-state index is 15.5. The summed E-state index contributed by atoms with van der Waals surface area (Å²) in [6, 6.07) is 51.3. The SMILES string of the molecule is Cc1ccc(-c2ccc(N3C(=O)c4ccc(C(C)(c5ccc6c(c5)C(=O)N(C)C6=O)C(F)(F)F)cc4C3=O)c(OC(C)C3c4ccccc4-c4ccccc43)c2)cc1OC(C)C1c2ccccc2-c2ccccc21. The first-order chi connectivity index (χ1) is 35.5. The largest absolute Gasteiger partial charge is 0.489 e. The molecule has 0 bridgehead atoms. The van der Waals surface area contributed by atoms with Crippen molar-refractivity contribution in [1.82, 2.24) is 4.90 Å². The number of carbonyl (C=O) groups excluding carboxylic acids is 4. The lowest BCUT2D eigenvalue weighted by Gasteiger charge is -2.33. The third kappa shape index (κ3) is 6.96. The summed E-state index contributed by atoms with van der Waals surface area (Å²) in [5.41, 5.74) is 7.77. The summed E-state index contributed by atoms with van der Waals surface area (Å²) in [5.74, 6) is -2.23. The van der Waals surface area contributed by atoms with Crippen molar-refractivity contribution in [2.75, 3.05) is 11.9 Å². The van der Waals surface area contributed by atoms with Gasteiger partial charge in [0.15, 0.2) is 0 Å². The maximum atomic E-state index is 15.5. The minimum absolute atomic E-state index is 0.00102. The van der Waals surface area contributed by atoms with Crippen LogP contribution in [0.1, 0.15) is 113 Å². The van der Waals surface area contributed by atoms with Crippen molar-refractivity contribution >= 4 is 29.3 Å². The predicted molar refractivity (Wildman–Crippen MR) is 277 cm³/mol. The maximum Gasteiger partial charge on any atom is 0.402 e. The van der Waals surface area contributed by atoms with Gasteiger partial charge in [-0.2, -0.15) is 13.2 Å². The molecule has 8 aromatic rings. The van der Waals surface area contributed by atoms with Crippen LogP contribution in [0.3, 0.4) is 0 Å². The number of carbonyl (C=O) groups is 4. The number of halogens is 3. The third-order valence-electron chi connectivity index (χ3n) is 15.7. The fourth-order valence-electron chi connectivity index (χ4n) is 11.8. The van der Waals surface area contributed by atoms with E-state index in [9.17, 15) is 19.2 Å². The monoisotopic (exact) mass is 984 g/mol. The van der Waals surface area contributed by atoms with Crippen molar-refractivity contribution in [3.05, 3.63) is 231 Å². The van der Waals surface area contributed by atoms with Gasteiger partial charge in [0.05, 0.1) is 27.9 Å². The van der Waals surface area contributed by atoms with E-state index in [1.807, 2.05) is 56.3 Å². The van der Waals surface area contributed by atoms with Crippen LogP contribution in [0.25, 0.3) is 33.4 Å². The van der Waals surface area contributed by atoms with Gasteiger partial charge in [-0.25, -0.2) is 4.90 Å².